The van der Waals surface area contributed by atoms with E-state index < -0.39 is 5.60 Å². The minimum Gasteiger partial charge on any atom is -0.373 e. The first kappa shape index (κ1) is 11.8. The predicted octanol–water partition coefficient (Wildman–Crippen LogP) is 2.94. The van der Waals surface area contributed by atoms with E-state index in [0.717, 1.165) is 12.0 Å². The quantitative estimate of drug-likeness (QED) is 0.744. The number of hydrogen-bond acceptors (Lipinski definition) is 1. The molecule has 0 bridgehead atoms. The molecule has 0 saturated heterocycles. The van der Waals surface area contributed by atoms with Crippen molar-refractivity contribution in [3.63, 3.8) is 0 Å². The van der Waals surface area contributed by atoms with E-state index in [1.807, 2.05) is 30.3 Å². The zero-order chi connectivity index (χ0) is 11.3. The highest BCUT2D eigenvalue weighted by atomic mass is 16.3. The molecule has 1 heteroatoms. The van der Waals surface area contributed by atoms with Gasteiger partial charge in [-0.1, -0.05) is 50.1 Å². The molecule has 0 aliphatic rings. The molecule has 0 radical (unpaired) electrons. The van der Waals surface area contributed by atoms with Gasteiger partial charge >= 0.3 is 0 Å². The molecule has 1 unspecified atom stereocenters. The van der Waals surface area contributed by atoms with Gasteiger partial charge in [0.25, 0.3) is 0 Å². The number of rotatable bonds is 4. The third-order valence-corrected chi connectivity index (χ3v) is 2.57. The Morgan fingerprint density at radius 2 is 1.93 bits per heavy atom. The zero-order valence-corrected chi connectivity index (χ0v) is 9.40. The van der Waals surface area contributed by atoms with Crippen LogP contribution in [-0.2, 0) is 5.60 Å². The molecule has 0 amide bonds. The molecule has 0 heterocycles. The lowest BCUT2D eigenvalue weighted by Gasteiger charge is -2.23. The van der Waals surface area contributed by atoms with Crippen LogP contribution in [0.1, 0.15) is 32.3 Å². The van der Waals surface area contributed by atoms with Crippen LogP contribution in [0.4, 0.5) is 0 Å². The third-order valence-electron chi connectivity index (χ3n) is 2.57. The second-order valence-electron chi connectivity index (χ2n) is 4.30. The Balaban J connectivity index is 2.82. The van der Waals surface area contributed by atoms with E-state index in [9.17, 15) is 5.11 Å². The van der Waals surface area contributed by atoms with Crippen LogP contribution in [0.5, 0.6) is 0 Å². The van der Waals surface area contributed by atoms with Crippen molar-refractivity contribution in [3.05, 3.63) is 35.9 Å². The Hall–Kier alpha value is -1.26. The maximum Gasteiger partial charge on any atom is 0.150 e. The highest BCUT2D eigenvalue weighted by molar-refractivity contribution is 5.30. The summed E-state index contributed by atoms with van der Waals surface area (Å²) in [5.41, 5.74) is -0.293. The Kier molecular flexibility index (Phi) is 3.94. The second kappa shape index (κ2) is 5.00. The average Bonchev–Trinajstić information content (AvgIpc) is 2.27. The molecule has 0 aliphatic carbocycles. The fourth-order valence-corrected chi connectivity index (χ4v) is 1.51. The van der Waals surface area contributed by atoms with Crippen LogP contribution in [0.15, 0.2) is 30.3 Å². The van der Waals surface area contributed by atoms with Crippen LogP contribution in [0, 0.1) is 18.3 Å². The van der Waals surface area contributed by atoms with Gasteiger partial charge in [0.2, 0.25) is 0 Å². The van der Waals surface area contributed by atoms with Crippen molar-refractivity contribution in [2.75, 3.05) is 0 Å². The molecule has 1 rings (SSSR count). The van der Waals surface area contributed by atoms with Crippen LogP contribution in [0.3, 0.4) is 0 Å². The number of terminal acetylenes is 1. The molecule has 1 atom stereocenters. The number of benzene rings is 1. The molecule has 0 spiro atoms. The largest absolute Gasteiger partial charge is 0.373 e. The predicted molar refractivity (Wildman–Crippen MR) is 63.2 cm³/mol. The molecule has 0 aliphatic heterocycles. The summed E-state index contributed by atoms with van der Waals surface area (Å²) in [5.74, 6) is 3.06. The van der Waals surface area contributed by atoms with E-state index in [1.165, 1.54) is 0 Å². The topological polar surface area (TPSA) is 20.2 Å². The van der Waals surface area contributed by atoms with E-state index in [1.54, 1.807) is 0 Å². The summed E-state index contributed by atoms with van der Waals surface area (Å²) < 4.78 is 0. The molecule has 15 heavy (non-hydrogen) atoms. The highest BCUT2D eigenvalue weighted by Crippen LogP contribution is 2.27. The maximum absolute atomic E-state index is 10.3. The summed E-state index contributed by atoms with van der Waals surface area (Å²) in [4.78, 5) is 0. The van der Waals surface area contributed by atoms with Gasteiger partial charge in [-0.2, -0.15) is 0 Å². The first-order chi connectivity index (χ1) is 7.08. The molecular formula is C14H18O. The van der Waals surface area contributed by atoms with Crippen LogP contribution in [-0.4, -0.2) is 5.11 Å². The summed E-state index contributed by atoms with van der Waals surface area (Å²) in [6.45, 7) is 4.25. The third kappa shape index (κ3) is 3.11. The lowest BCUT2D eigenvalue weighted by molar-refractivity contribution is 0.0838. The lowest BCUT2D eigenvalue weighted by atomic mass is 9.87. The van der Waals surface area contributed by atoms with E-state index in [0.29, 0.717) is 12.3 Å². The fraction of sp³-hybridized carbons (Fsp3) is 0.429. The Labute approximate surface area is 92.1 Å². The molecule has 0 saturated carbocycles. The molecule has 80 valence electrons. The molecule has 1 N–H and O–H groups in total. The zero-order valence-electron chi connectivity index (χ0n) is 9.40. The van der Waals surface area contributed by atoms with Gasteiger partial charge < -0.3 is 5.11 Å². The van der Waals surface area contributed by atoms with Crippen LogP contribution >= 0.6 is 0 Å². The fourth-order valence-electron chi connectivity index (χ4n) is 1.51. The van der Waals surface area contributed by atoms with Crippen LogP contribution in [0.2, 0.25) is 0 Å². The maximum atomic E-state index is 10.3. The van der Waals surface area contributed by atoms with Crippen molar-refractivity contribution >= 4 is 0 Å². The van der Waals surface area contributed by atoms with Gasteiger partial charge in [0.05, 0.1) is 0 Å². The standard InChI is InChI=1S/C14H18O/c1-4-14(15,11-10-12(2)3)13-8-6-5-7-9-13/h1,5-9,12,15H,10-11H2,2-3H3. The van der Waals surface area contributed by atoms with Crippen LogP contribution in [0.25, 0.3) is 0 Å². The Bertz CT molecular complexity index is 334. The first-order valence-electron chi connectivity index (χ1n) is 5.34. The summed E-state index contributed by atoms with van der Waals surface area (Å²) >= 11 is 0. The van der Waals surface area contributed by atoms with Crippen molar-refractivity contribution in [2.24, 2.45) is 5.92 Å². The summed E-state index contributed by atoms with van der Waals surface area (Å²) in [6.07, 6.45) is 6.97. The number of hydrogen-bond donors (Lipinski definition) is 1. The molecular weight excluding hydrogens is 184 g/mol. The summed E-state index contributed by atoms with van der Waals surface area (Å²) in [6, 6.07) is 9.46. The van der Waals surface area contributed by atoms with Crippen LogP contribution < -0.4 is 0 Å². The van der Waals surface area contributed by atoms with Crippen molar-refractivity contribution in [1.82, 2.24) is 0 Å². The summed E-state index contributed by atoms with van der Waals surface area (Å²) in [7, 11) is 0. The lowest BCUT2D eigenvalue weighted by Crippen LogP contribution is -2.23. The SMILES string of the molecule is C#CC(O)(CCC(C)C)c1ccccc1. The van der Waals surface area contributed by atoms with E-state index in [4.69, 9.17) is 6.42 Å². The van der Waals surface area contributed by atoms with Crippen molar-refractivity contribution in [2.45, 2.75) is 32.3 Å². The second-order valence-corrected chi connectivity index (χ2v) is 4.30. The Morgan fingerprint density at radius 3 is 2.40 bits per heavy atom. The highest BCUT2D eigenvalue weighted by Gasteiger charge is 2.25. The monoisotopic (exact) mass is 202 g/mol. The molecule has 0 aromatic heterocycles. The van der Waals surface area contributed by atoms with Gasteiger partial charge in [-0.25, -0.2) is 0 Å². The van der Waals surface area contributed by atoms with E-state index in [-0.39, 0.29) is 0 Å². The van der Waals surface area contributed by atoms with Gasteiger partial charge in [0, 0.05) is 0 Å². The molecule has 1 aromatic carbocycles. The molecule has 0 fully saturated rings. The first-order valence-corrected chi connectivity index (χ1v) is 5.34. The average molecular weight is 202 g/mol. The van der Waals surface area contributed by atoms with Gasteiger partial charge in [0.15, 0.2) is 5.60 Å². The van der Waals surface area contributed by atoms with Crippen molar-refractivity contribution < 1.29 is 5.11 Å². The van der Waals surface area contributed by atoms with Gasteiger partial charge in [-0.3, -0.25) is 0 Å². The smallest absolute Gasteiger partial charge is 0.150 e. The minimum absolute atomic E-state index is 0.550. The normalized spacial score (nSPS) is 14.6. The summed E-state index contributed by atoms with van der Waals surface area (Å²) in [5, 5.41) is 10.3. The minimum atomic E-state index is -1.11. The molecule has 1 aromatic rings. The molecule has 1 nitrogen and oxygen atoms in total. The van der Waals surface area contributed by atoms with Gasteiger partial charge in [0.1, 0.15) is 0 Å². The number of aliphatic hydroxyl groups is 1. The van der Waals surface area contributed by atoms with E-state index >= 15 is 0 Å². The van der Waals surface area contributed by atoms with Crippen molar-refractivity contribution in [1.29, 1.82) is 0 Å². The van der Waals surface area contributed by atoms with E-state index in [2.05, 4.69) is 19.8 Å². The Morgan fingerprint density at radius 1 is 1.33 bits per heavy atom. The van der Waals surface area contributed by atoms with Crippen molar-refractivity contribution in [3.8, 4) is 12.3 Å². The van der Waals surface area contributed by atoms with Gasteiger partial charge in [-0.05, 0) is 24.3 Å². The van der Waals surface area contributed by atoms with Gasteiger partial charge in [-0.15, -0.1) is 6.42 Å².